The molecule has 148 valence electrons. The molecule has 2 aromatic heterocycles. The summed E-state index contributed by atoms with van der Waals surface area (Å²) in [7, 11) is 1.38. The van der Waals surface area contributed by atoms with Crippen molar-refractivity contribution in [3.63, 3.8) is 0 Å². The number of benzene rings is 1. The molecule has 29 heavy (non-hydrogen) atoms. The minimum Gasteiger partial charge on any atom is -0.472 e. The number of alkyl halides is 2. The van der Waals surface area contributed by atoms with Crippen molar-refractivity contribution in [1.82, 2.24) is 9.88 Å². The van der Waals surface area contributed by atoms with Crippen LogP contribution in [-0.4, -0.2) is 28.8 Å². The third-order valence-electron chi connectivity index (χ3n) is 4.87. The SMILES string of the molecule is CN1C(=O)C(c2ccnc(C(F)F)c2)(c2cc(-c3ccoc3)ccc2F)N=C1N. The van der Waals surface area contributed by atoms with Crippen LogP contribution in [0.1, 0.15) is 23.2 Å². The lowest BCUT2D eigenvalue weighted by atomic mass is 9.81. The molecule has 0 fully saturated rings. The third kappa shape index (κ3) is 2.86. The van der Waals surface area contributed by atoms with Crippen molar-refractivity contribution in [2.45, 2.75) is 12.0 Å². The van der Waals surface area contributed by atoms with Crippen molar-refractivity contribution in [3.8, 4) is 11.1 Å². The highest BCUT2D eigenvalue weighted by molar-refractivity contribution is 6.09. The molecular formula is C20H15F3N4O2. The van der Waals surface area contributed by atoms with Crippen LogP contribution in [0.15, 0.2) is 64.5 Å². The monoisotopic (exact) mass is 400 g/mol. The summed E-state index contributed by atoms with van der Waals surface area (Å²) in [6.45, 7) is 0. The zero-order valence-electron chi connectivity index (χ0n) is 15.1. The zero-order valence-corrected chi connectivity index (χ0v) is 15.1. The van der Waals surface area contributed by atoms with E-state index in [0.29, 0.717) is 11.1 Å². The Morgan fingerprint density at radius 3 is 2.59 bits per heavy atom. The summed E-state index contributed by atoms with van der Waals surface area (Å²) in [5.74, 6) is -1.55. The normalized spacial score (nSPS) is 19.1. The van der Waals surface area contributed by atoms with Gasteiger partial charge in [0.25, 0.3) is 12.3 Å². The fourth-order valence-corrected chi connectivity index (χ4v) is 3.36. The Morgan fingerprint density at radius 2 is 1.97 bits per heavy atom. The van der Waals surface area contributed by atoms with E-state index in [1.165, 1.54) is 43.8 Å². The molecule has 1 unspecified atom stereocenters. The molecule has 0 bridgehead atoms. The number of nitrogens with zero attached hydrogens (tertiary/aromatic N) is 3. The summed E-state index contributed by atoms with van der Waals surface area (Å²) in [6, 6.07) is 8.21. The average molecular weight is 400 g/mol. The van der Waals surface area contributed by atoms with E-state index in [4.69, 9.17) is 10.2 Å². The van der Waals surface area contributed by atoms with Gasteiger partial charge in [0.15, 0.2) is 11.5 Å². The van der Waals surface area contributed by atoms with Gasteiger partial charge in [-0.25, -0.2) is 18.2 Å². The van der Waals surface area contributed by atoms with E-state index in [1.54, 1.807) is 6.07 Å². The second-order valence-corrected chi connectivity index (χ2v) is 6.52. The van der Waals surface area contributed by atoms with E-state index in [1.807, 2.05) is 0 Å². The van der Waals surface area contributed by atoms with Gasteiger partial charge in [-0.1, -0.05) is 6.07 Å². The number of amides is 1. The van der Waals surface area contributed by atoms with Gasteiger partial charge < -0.3 is 10.2 Å². The number of carbonyl (C=O) groups is 1. The zero-order chi connectivity index (χ0) is 20.8. The van der Waals surface area contributed by atoms with Gasteiger partial charge in [0, 0.05) is 24.4 Å². The van der Waals surface area contributed by atoms with Gasteiger partial charge in [-0.3, -0.25) is 14.7 Å². The number of rotatable bonds is 4. The average Bonchev–Trinajstić information content (AvgIpc) is 3.33. The summed E-state index contributed by atoms with van der Waals surface area (Å²) >= 11 is 0. The minimum atomic E-state index is -2.87. The summed E-state index contributed by atoms with van der Waals surface area (Å²) in [6.07, 6.45) is 1.18. The molecule has 6 nitrogen and oxygen atoms in total. The Bertz CT molecular complexity index is 1110. The Morgan fingerprint density at radius 1 is 1.17 bits per heavy atom. The predicted octanol–water partition coefficient (Wildman–Crippen LogP) is 3.45. The van der Waals surface area contributed by atoms with Crippen LogP contribution in [-0.2, 0) is 10.3 Å². The van der Waals surface area contributed by atoms with E-state index in [2.05, 4.69) is 9.98 Å². The number of carbonyl (C=O) groups excluding carboxylic acids is 1. The highest BCUT2D eigenvalue weighted by Gasteiger charge is 2.51. The summed E-state index contributed by atoms with van der Waals surface area (Å²) < 4.78 is 46.6. The second kappa shape index (κ2) is 6.77. The molecule has 1 amide bonds. The molecule has 3 heterocycles. The number of aliphatic imine (C=N–C) groups is 1. The van der Waals surface area contributed by atoms with Crippen molar-refractivity contribution in [3.05, 3.63) is 77.8 Å². The number of halogens is 3. The van der Waals surface area contributed by atoms with Gasteiger partial charge in [0.2, 0.25) is 0 Å². The highest BCUT2D eigenvalue weighted by atomic mass is 19.3. The number of nitrogens with two attached hydrogens (primary N) is 1. The Balaban J connectivity index is 2.00. The topological polar surface area (TPSA) is 84.7 Å². The summed E-state index contributed by atoms with van der Waals surface area (Å²) in [4.78, 5) is 22.1. The minimum absolute atomic E-state index is 0.0448. The molecule has 0 radical (unpaired) electrons. The number of guanidine groups is 1. The summed E-state index contributed by atoms with van der Waals surface area (Å²) in [5.41, 5.74) is 4.50. The maximum absolute atomic E-state index is 15.0. The van der Waals surface area contributed by atoms with Crippen LogP contribution >= 0.6 is 0 Å². The highest BCUT2D eigenvalue weighted by Crippen LogP contribution is 2.42. The predicted molar refractivity (Wildman–Crippen MR) is 98.5 cm³/mol. The van der Waals surface area contributed by atoms with Crippen molar-refractivity contribution >= 4 is 11.9 Å². The molecule has 1 aliphatic heterocycles. The van der Waals surface area contributed by atoms with E-state index < -0.39 is 29.4 Å². The fraction of sp³-hybridized carbons (Fsp3) is 0.150. The number of hydrogen-bond donors (Lipinski definition) is 1. The first-order chi connectivity index (χ1) is 13.8. The van der Waals surface area contributed by atoms with Crippen LogP contribution in [0.2, 0.25) is 0 Å². The third-order valence-corrected chi connectivity index (χ3v) is 4.87. The first kappa shape index (κ1) is 18.7. The fourth-order valence-electron chi connectivity index (χ4n) is 3.36. The first-order valence-corrected chi connectivity index (χ1v) is 8.55. The molecule has 1 aliphatic rings. The van der Waals surface area contributed by atoms with Crippen molar-refractivity contribution in [1.29, 1.82) is 0 Å². The van der Waals surface area contributed by atoms with Crippen LogP contribution in [0.3, 0.4) is 0 Å². The molecule has 2 N–H and O–H groups in total. The quantitative estimate of drug-likeness (QED) is 0.727. The lowest BCUT2D eigenvalue weighted by Crippen LogP contribution is -2.41. The molecule has 0 saturated heterocycles. The Labute approximate surface area is 163 Å². The summed E-state index contributed by atoms with van der Waals surface area (Å²) in [5, 5.41) is 0. The van der Waals surface area contributed by atoms with Gasteiger partial charge in [0.1, 0.15) is 11.5 Å². The van der Waals surface area contributed by atoms with Gasteiger partial charge in [-0.2, -0.15) is 0 Å². The maximum atomic E-state index is 15.0. The van der Waals surface area contributed by atoms with Crippen molar-refractivity contribution in [2.24, 2.45) is 10.7 Å². The molecule has 0 spiro atoms. The Hall–Kier alpha value is -3.62. The van der Waals surface area contributed by atoms with Crippen molar-refractivity contribution < 1.29 is 22.4 Å². The maximum Gasteiger partial charge on any atom is 0.280 e. The van der Waals surface area contributed by atoms with Crippen LogP contribution in [0, 0.1) is 5.82 Å². The molecule has 4 rings (SSSR count). The van der Waals surface area contributed by atoms with E-state index >= 15 is 4.39 Å². The molecule has 0 saturated carbocycles. The smallest absolute Gasteiger partial charge is 0.280 e. The van der Waals surface area contributed by atoms with Gasteiger partial charge in [0.05, 0.1) is 12.5 Å². The number of likely N-dealkylation sites (N-methyl/N-ethyl adjacent to an activating group) is 1. The van der Waals surface area contributed by atoms with E-state index in [9.17, 15) is 13.6 Å². The van der Waals surface area contributed by atoms with E-state index in [0.717, 1.165) is 17.2 Å². The van der Waals surface area contributed by atoms with Crippen molar-refractivity contribution in [2.75, 3.05) is 7.05 Å². The van der Waals surface area contributed by atoms with Crippen LogP contribution < -0.4 is 5.73 Å². The largest absolute Gasteiger partial charge is 0.472 e. The van der Waals surface area contributed by atoms with Gasteiger partial charge >= 0.3 is 0 Å². The lowest BCUT2D eigenvalue weighted by Gasteiger charge is -2.27. The van der Waals surface area contributed by atoms with Crippen LogP contribution in [0.25, 0.3) is 11.1 Å². The molecule has 0 aliphatic carbocycles. The Kier molecular flexibility index (Phi) is 4.37. The molecular weight excluding hydrogens is 385 g/mol. The van der Waals surface area contributed by atoms with Crippen LogP contribution in [0.5, 0.6) is 0 Å². The number of aromatic nitrogens is 1. The van der Waals surface area contributed by atoms with Gasteiger partial charge in [-0.15, -0.1) is 0 Å². The first-order valence-electron chi connectivity index (χ1n) is 8.55. The van der Waals surface area contributed by atoms with Crippen LogP contribution in [0.4, 0.5) is 13.2 Å². The number of hydrogen-bond acceptors (Lipinski definition) is 5. The number of furan rings is 1. The molecule has 1 aromatic carbocycles. The molecule has 1 atom stereocenters. The lowest BCUT2D eigenvalue weighted by molar-refractivity contribution is -0.129. The standard InChI is InChI=1S/C20H15F3N4O2/c1-27-18(28)20(26-19(27)24,13-4-6-25-16(9-13)17(22)23)14-8-11(2-3-15(14)21)12-5-7-29-10-12/h2-10,17H,1H3,(H2,24,26). The molecule has 9 heteroatoms. The van der Waals surface area contributed by atoms with E-state index in [-0.39, 0.29) is 17.1 Å². The van der Waals surface area contributed by atoms with Gasteiger partial charge in [-0.05, 0) is 41.5 Å². The number of pyridine rings is 1. The second-order valence-electron chi connectivity index (χ2n) is 6.52. The molecule has 3 aromatic rings.